The van der Waals surface area contributed by atoms with Gasteiger partial charge in [-0.3, -0.25) is 9.78 Å². The average molecular weight is 311 g/mol. The van der Waals surface area contributed by atoms with Crippen molar-refractivity contribution in [3.63, 3.8) is 0 Å². The van der Waals surface area contributed by atoms with E-state index in [0.29, 0.717) is 17.1 Å². The first-order valence-corrected chi connectivity index (χ1v) is 7.48. The molecule has 22 heavy (non-hydrogen) atoms. The van der Waals surface area contributed by atoms with Gasteiger partial charge in [0.25, 0.3) is 5.91 Å². The number of halogens is 1. The van der Waals surface area contributed by atoms with Gasteiger partial charge in [0.15, 0.2) is 0 Å². The van der Waals surface area contributed by atoms with Crippen molar-refractivity contribution in [2.24, 2.45) is 0 Å². The maximum atomic E-state index is 12.3. The molecule has 0 aliphatic heterocycles. The number of carbonyl (C=O) groups excluding carboxylic acids is 1. The summed E-state index contributed by atoms with van der Waals surface area (Å²) in [6, 6.07) is 17.1. The highest BCUT2D eigenvalue weighted by molar-refractivity contribution is 6.30. The standard InChI is InChI=1S/C18H15ClN2O/c19-15-7-1-4-13(12-15)9-11-21-18(22)16-8-2-5-14-6-3-10-20-17(14)16/h1-8,10,12H,9,11H2,(H,21,22). The average Bonchev–Trinajstić information content (AvgIpc) is 2.54. The molecule has 1 N–H and O–H groups in total. The third-order valence-electron chi connectivity index (χ3n) is 3.47. The number of carbonyl (C=O) groups is 1. The molecule has 4 heteroatoms. The number of hydrogen-bond acceptors (Lipinski definition) is 2. The van der Waals surface area contributed by atoms with Gasteiger partial charge in [-0.15, -0.1) is 0 Å². The number of amides is 1. The second-order valence-electron chi connectivity index (χ2n) is 5.02. The monoisotopic (exact) mass is 310 g/mol. The van der Waals surface area contributed by atoms with E-state index in [2.05, 4.69) is 10.3 Å². The number of nitrogens with zero attached hydrogens (tertiary/aromatic N) is 1. The molecule has 1 amide bonds. The number of aromatic nitrogens is 1. The minimum atomic E-state index is -0.105. The first-order chi connectivity index (χ1) is 10.7. The lowest BCUT2D eigenvalue weighted by atomic mass is 10.1. The van der Waals surface area contributed by atoms with Crippen LogP contribution in [0.4, 0.5) is 0 Å². The van der Waals surface area contributed by atoms with Gasteiger partial charge in [-0.05, 0) is 36.2 Å². The van der Waals surface area contributed by atoms with Crippen LogP contribution >= 0.6 is 11.6 Å². The fraction of sp³-hybridized carbons (Fsp3) is 0.111. The lowest BCUT2D eigenvalue weighted by Crippen LogP contribution is -2.26. The molecule has 3 rings (SSSR count). The Bertz CT molecular complexity index is 812. The fourth-order valence-corrected chi connectivity index (χ4v) is 2.61. The molecule has 0 saturated heterocycles. The van der Waals surface area contributed by atoms with E-state index in [1.165, 1.54) is 0 Å². The highest BCUT2D eigenvalue weighted by Crippen LogP contribution is 2.16. The molecule has 1 aromatic heterocycles. The van der Waals surface area contributed by atoms with E-state index >= 15 is 0 Å². The van der Waals surface area contributed by atoms with Crippen LogP contribution in [0.5, 0.6) is 0 Å². The Morgan fingerprint density at radius 3 is 2.77 bits per heavy atom. The molecular formula is C18H15ClN2O. The van der Waals surface area contributed by atoms with Crippen molar-refractivity contribution >= 4 is 28.4 Å². The lowest BCUT2D eigenvalue weighted by molar-refractivity contribution is 0.0955. The number of pyridine rings is 1. The van der Waals surface area contributed by atoms with Gasteiger partial charge in [0.2, 0.25) is 0 Å². The molecule has 0 spiro atoms. The first-order valence-electron chi connectivity index (χ1n) is 7.10. The summed E-state index contributed by atoms with van der Waals surface area (Å²) in [7, 11) is 0. The fourth-order valence-electron chi connectivity index (χ4n) is 2.40. The molecule has 0 atom stereocenters. The Morgan fingerprint density at radius 1 is 1.09 bits per heavy atom. The molecule has 0 bridgehead atoms. The van der Waals surface area contributed by atoms with Crippen LogP contribution in [-0.4, -0.2) is 17.4 Å². The molecule has 0 aliphatic carbocycles. The minimum Gasteiger partial charge on any atom is -0.352 e. The summed E-state index contributed by atoms with van der Waals surface area (Å²) >= 11 is 5.95. The Kier molecular flexibility index (Phi) is 4.35. The van der Waals surface area contributed by atoms with Gasteiger partial charge < -0.3 is 5.32 Å². The maximum absolute atomic E-state index is 12.3. The van der Waals surface area contributed by atoms with Gasteiger partial charge >= 0.3 is 0 Å². The third kappa shape index (κ3) is 3.26. The first kappa shape index (κ1) is 14.5. The summed E-state index contributed by atoms with van der Waals surface area (Å²) in [6.07, 6.45) is 2.44. The van der Waals surface area contributed by atoms with Gasteiger partial charge in [0.05, 0.1) is 11.1 Å². The van der Waals surface area contributed by atoms with Crippen molar-refractivity contribution in [3.8, 4) is 0 Å². The van der Waals surface area contributed by atoms with E-state index in [-0.39, 0.29) is 5.91 Å². The van der Waals surface area contributed by atoms with E-state index < -0.39 is 0 Å². The Labute approximate surface area is 133 Å². The van der Waals surface area contributed by atoms with Crippen LogP contribution in [-0.2, 0) is 6.42 Å². The smallest absolute Gasteiger partial charge is 0.253 e. The van der Waals surface area contributed by atoms with Crippen LogP contribution in [0.3, 0.4) is 0 Å². The number of para-hydroxylation sites is 1. The molecule has 0 fully saturated rings. The Hall–Kier alpha value is -2.39. The predicted octanol–water partition coefficient (Wildman–Crippen LogP) is 3.86. The van der Waals surface area contributed by atoms with Gasteiger partial charge in [-0.25, -0.2) is 0 Å². The highest BCUT2D eigenvalue weighted by atomic mass is 35.5. The summed E-state index contributed by atoms with van der Waals surface area (Å²) in [5.41, 5.74) is 2.43. The van der Waals surface area contributed by atoms with E-state index in [9.17, 15) is 4.79 Å². The Morgan fingerprint density at radius 2 is 1.91 bits per heavy atom. The van der Waals surface area contributed by atoms with Crippen LogP contribution in [0.2, 0.25) is 5.02 Å². The minimum absolute atomic E-state index is 0.105. The summed E-state index contributed by atoms with van der Waals surface area (Å²) in [5.74, 6) is -0.105. The topological polar surface area (TPSA) is 42.0 Å². The van der Waals surface area contributed by atoms with E-state index in [1.54, 1.807) is 12.3 Å². The second kappa shape index (κ2) is 6.58. The molecule has 3 nitrogen and oxygen atoms in total. The molecule has 0 aliphatic rings. The Balaban J connectivity index is 1.69. The van der Waals surface area contributed by atoms with Crippen molar-refractivity contribution in [1.82, 2.24) is 10.3 Å². The number of nitrogens with one attached hydrogen (secondary N) is 1. The zero-order chi connectivity index (χ0) is 15.4. The van der Waals surface area contributed by atoms with Gasteiger partial charge in [-0.1, -0.05) is 41.9 Å². The lowest BCUT2D eigenvalue weighted by Gasteiger charge is -2.07. The van der Waals surface area contributed by atoms with Gasteiger partial charge in [0, 0.05) is 23.2 Å². The number of fused-ring (bicyclic) bond motifs is 1. The van der Waals surface area contributed by atoms with Crippen LogP contribution in [0.25, 0.3) is 10.9 Å². The number of benzene rings is 2. The normalized spacial score (nSPS) is 10.6. The molecule has 0 radical (unpaired) electrons. The molecule has 2 aromatic carbocycles. The molecule has 0 unspecified atom stereocenters. The SMILES string of the molecule is O=C(NCCc1cccc(Cl)c1)c1cccc2cccnc12. The van der Waals surface area contributed by atoms with E-state index in [0.717, 1.165) is 22.9 Å². The van der Waals surface area contributed by atoms with Crippen LogP contribution in [0, 0.1) is 0 Å². The second-order valence-corrected chi connectivity index (χ2v) is 5.45. The largest absolute Gasteiger partial charge is 0.352 e. The molecule has 0 saturated carbocycles. The van der Waals surface area contributed by atoms with E-state index in [4.69, 9.17) is 11.6 Å². The quantitative estimate of drug-likeness (QED) is 0.795. The maximum Gasteiger partial charge on any atom is 0.253 e. The van der Waals surface area contributed by atoms with Gasteiger partial charge in [0.1, 0.15) is 0 Å². The van der Waals surface area contributed by atoms with Crippen molar-refractivity contribution in [3.05, 3.63) is 76.9 Å². The van der Waals surface area contributed by atoms with Crippen molar-refractivity contribution in [1.29, 1.82) is 0 Å². The van der Waals surface area contributed by atoms with Crippen molar-refractivity contribution in [2.45, 2.75) is 6.42 Å². The predicted molar refractivity (Wildman–Crippen MR) is 89.2 cm³/mol. The van der Waals surface area contributed by atoms with Crippen LogP contribution < -0.4 is 5.32 Å². The molecule has 1 heterocycles. The number of rotatable bonds is 4. The van der Waals surface area contributed by atoms with Crippen LogP contribution in [0.15, 0.2) is 60.8 Å². The third-order valence-corrected chi connectivity index (χ3v) is 3.70. The summed E-state index contributed by atoms with van der Waals surface area (Å²) < 4.78 is 0. The highest BCUT2D eigenvalue weighted by Gasteiger charge is 2.10. The van der Waals surface area contributed by atoms with Crippen molar-refractivity contribution in [2.75, 3.05) is 6.54 Å². The summed E-state index contributed by atoms with van der Waals surface area (Å²) in [5, 5.41) is 4.61. The molecule has 3 aromatic rings. The summed E-state index contributed by atoms with van der Waals surface area (Å²) in [6.45, 7) is 0.558. The van der Waals surface area contributed by atoms with Crippen molar-refractivity contribution < 1.29 is 4.79 Å². The summed E-state index contributed by atoms with van der Waals surface area (Å²) in [4.78, 5) is 16.6. The van der Waals surface area contributed by atoms with Crippen LogP contribution in [0.1, 0.15) is 15.9 Å². The van der Waals surface area contributed by atoms with E-state index in [1.807, 2.05) is 48.5 Å². The molecule has 110 valence electrons. The zero-order valence-electron chi connectivity index (χ0n) is 11.9. The zero-order valence-corrected chi connectivity index (χ0v) is 12.7. The molecular weight excluding hydrogens is 296 g/mol. The number of hydrogen-bond donors (Lipinski definition) is 1. The van der Waals surface area contributed by atoms with Gasteiger partial charge in [-0.2, -0.15) is 0 Å².